The molecule has 0 aliphatic carbocycles. The number of allylic oxidation sites excluding steroid dienone is 4. The van der Waals surface area contributed by atoms with Crippen molar-refractivity contribution in [2.45, 2.75) is 0 Å². The fourth-order valence-electron chi connectivity index (χ4n) is 0. The van der Waals surface area contributed by atoms with Gasteiger partial charge in [-0.3, -0.25) is 0 Å². The Morgan fingerprint density at radius 1 is 0.636 bits per heavy atom. The summed E-state index contributed by atoms with van der Waals surface area (Å²) in [5.74, 6) is 0. The Morgan fingerprint density at radius 2 is 0.727 bits per heavy atom. The molecule has 2 heteroatoms. The van der Waals surface area contributed by atoms with Crippen LogP contribution in [-0.4, -0.2) is 6.79 Å². The van der Waals surface area contributed by atoms with Crippen LogP contribution in [0.15, 0.2) is 50.6 Å². The Balaban J connectivity index is -0.0000000339. The predicted molar refractivity (Wildman–Crippen MR) is 47.9 cm³/mol. The third-order valence-corrected chi connectivity index (χ3v) is 0.333. The van der Waals surface area contributed by atoms with Gasteiger partial charge in [0.2, 0.25) is 0 Å². The molecule has 1 nitrogen and oxygen atoms in total. The van der Waals surface area contributed by atoms with Crippen LogP contribution in [0.3, 0.4) is 0 Å². The van der Waals surface area contributed by atoms with Gasteiger partial charge in [0.15, 0.2) is 0 Å². The van der Waals surface area contributed by atoms with Crippen LogP contribution in [0.1, 0.15) is 0 Å². The second-order valence-electron chi connectivity index (χ2n) is 0.943. The van der Waals surface area contributed by atoms with Gasteiger partial charge in [-0.15, -0.1) is 0 Å². The fraction of sp³-hybridized carbons (Fsp3) is 0. The summed E-state index contributed by atoms with van der Waals surface area (Å²) >= 11 is 0. The molecule has 0 radical (unpaired) electrons. The molecular weight excluding hydrogens is 225 g/mol. The zero-order valence-corrected chi connectivity index (χ0v) is 8.34. The van der Waals surface area contributed by atoms with E-state index in [9.17, 15) is 0 Å². The molecule has 0 N–H and O–H groups in total. The molecule has 0 bridgehead atoms. The van der Waals surface area contributed by atoms with Gasteiger partial charge >= 0.3 is 0 Å². The van der Waals surface area contributed by atoms with Gasteiger partial charge < -0.3 is 4.79 Å². The second-order valence-corrected chi connectivity index (χ2v) is 0.943. The zero-order valence-electron chi connectivity index (χ0n) is 6.61. The summed E-state index contributed by atoms with van der Waals surface area (Å²) < 4.78 is 0. The average molecular weight is 239 g/mol. The zero-order chi connectivity index (χ0) is 8.83. The molecule has 64 valence electrons. The number of carbonyl (C=O) groups is 1. The Hall–Kier alpha value is -0.747. The standard InChI is InChI=1S/2C4H6.CH2O.Ru/c2*1-3-4-2;1-2;/h2*3-4H,1-2H2;1H2;. The smallest absolute Gasteiger partial charge is 0.106 e. The summed E-state index contributed by atoms with van der Waals surface area (Å²) in [7, 11) is 0. The van der Waals surface area contributed by atoms with E-state index in [-0.39, 0.29) is 19.5 Å². The maximum Gasteiger partial charge on any atom is 0.106 e. The molecule has 0 fully saturated rings. The molecule has 0 unspecified atom stereocenters. The van der Waals surface area contributed by atoms with Gasteiger partial charge in [0.25, 0.3) is 0 Å². The van der Waals surface area contributed by atoms with Crippen molar-refractivity contribution in [2.24, 2.45) is 0 Å². The first-order valence-corrected chi connectivity index (χ1v) is 2.59. The molecule has 11 heavy (non-hydrogen) atoms. The minimum absolute atomic E-state index is 0. The minimum atomic E-state index is 0. The summed E-state index contributed by atoms with van der Waals surface area (Å²) in [4.78, 5) is 8.00. The average Bonchev–Trinajstić information content (AvgIpc) is 2.08. The Bertz CT molecular complexity index is 73.7. The Kier molecular flexibility index (Phi) is 122. The van der Waals surface area contributed by atoms with Crippen molar-refractivity contribution in [1.82, 2.24) is 0 Å². The van der Waals surface area contributed by atoms with Crippen molar-refractivity contribution in [1.29, 1.82) is 0 Å². The van der Waals surface area contributed by atoms with Crippen LogP contribution in [0.5, 0.6) is 0 Å². The number of hydrogen-bond donors (Lipinski definition) is 0. The van der Waals surface area contributed by atoms with E-state index >= 15 is 0 Å². The van der Waals surface area contributed by atoms with E-state index in [1.807, 2.05) is 6.79 Å². The largest absolute Gasteiger partial charge is 0.307 e. The molecule has 0 aromatic rings. The van der Waals surface area contributed by atoms with E-state index in [2.05, 4.69) is 26.3 Å². The van der Waals surface area contributed by atoms with Crippen molar-refractivity contribution in [3.63, 3.8) is 0 Å². The van der Waals surface area contributed by atoms with Gasteiger partial charge in [-0.05, 0) is 0 Å². The number of hydrogen-bond acceptors (Lipinski definition) is 1. The van der Waals surface area contributed by atoms with E-state index in [0.29, 0.717) is 0 Å². The van der Waals surface area contributed by atoms with E-state index < -0.39 is 0 Å². The van der Waals surface area contributed by atoms with E-state index in [1.54, 1.807) is 24.3 Å². The number of carbonyl (C=O) groups excluding carboxylic acids is 1. The maximum atomic E-state index is 8.00. The molecule has 0 amide bonds. The van der Waals surface area contributed by atoms with Gasteiger partial charge in [-0.2, -0.15) is 0 Å². The molecule has 0 rings (SSSR count). The summed E-state index contributed by atoms with van der Waals surface area (Å²) in [6.07, 6.45) is 6.56. The Morgan fingerprint density at radius 3 is 0.727 bits per heavy atom. The monoisotopic (exact) mass is 240 g/mol. The fourth-order valence-corrected chi connectivity index (χ4v) is 0. The molecular formula is C9H14ORu. The van der Waals surface area contributed by atoms with Crippen LogP contribution < -0.4 is 0 Å². The van der Waals surface area contributed by atoms with E-state index in [4.69, 9.17) is 4.79 Å². The first-order valence-electron chi connectivity index (χ1n) is 2.59. The summed E-state index contributed by atoms with van der Waals surface area (Å²) in [5, 5.41) is 0. The molecule has 0 aliphatic heterocycles. The van der Waals surface area contributed by atoms with Gasteiger partial charge in [-0.1, -0.05) is 50.6 Å². The third kappa shape index (κ3) is 310. The van der Waals surface area contributed by atoms with Gasteiger partial charge in [0.05, 0.1) is 0 Å². The van der Waals surface area contributed by atoms with Crippen LogP contribution >= 0.6 is 0 Å². The summed E-state index contributed by atoms with van der Waals surface area (Å²) in [6, 6.07) is 0. The van der Waals surface area contributed by atoms with Crippen molar-refractivity contribution in [3.05, 3.63) is 50.6 Å². The van der Waals surface area contributed by atoms with Crippen LogP contribution in [0, 0.1) is 0 Å². The van der Waals surface area contributed by atoms with E-state index in [1.165, 1.54) is 0 Å². The molecule has 0 saturated carbocycles. The molecule has 0 heterocycles. The second kappa shape index (κ2) is 59.6. The van der Waals surface area contributed by atoms with Crippen molar-refractivity contribution >= 4 is 6.79 Å². The topological polar surface area (TPSA) is 17.1 Å². The number of rotatable bonds is 2. The summed E-state index contributed by atoms with van der Waals surface area (Å²) in [5.41, 5.74) is 0. The first-order chi connectivity index (χ1) is 4.83. The minimum Gasteiger partial charge on any atom is -0.307 e. The van der Waals surface area contributed by atoms with Crippen LogP contribution in [-0.2, 0) is 24.3 Å². The summed E-state index contributed by atoms with van der Waals surface area (Å²) in [6.45, 7) is 15.4. The molecule has 0 aromatic heterocycles. The third-order valence-electron chi connectivity index (χ3n) is 0.333. The predicted octanol–water partition coefficient (Wildman–Crippen LogP) is 2.53. The SMILES string of the molecule is C=CC=C.C=CC=C.C=O.[Ru]. The van der Waals surface area contributed by atoms with Crippen LogP contribution in [0.25, 0.3) is 0 Å². The van der Waals surface area contributed by atoms with E-state index in [0.717, 1.165) is 0 Å². The van der Waals surface area contributed by atoms with Crippen molar-refractivity contribution in [2.75, 3.05) is 0 Å². The Labute approximate surface area is 82.0 Å². The maximum absolute atomic E-state index is 8.00. The normalized spacial score (nSPS) is 4.00. The molecule has 0 spiro atoms. The van der Waals surface area contributed by atoms with Crippen molar-refractivity contribution < 1.29 is 24.3 Å². The molecule has 0 aliphatic rings. The molecule has 0 aromatic carbocycles. The first kappa shape index (κ1) is 22.5. The van der Waals surface area contributed by atoms with Gasteiger partial charge in [0, 0.05) is 19.5 Å². The van der Waals surface area contributed by atoms with Gasteiger partial charge in [0.1, 0.15) is 6.79 Å². The molecule has 0 saturated heterocycles. The van der Waals surface area contributed by atoms with Crippen molar-refractivity contribution in [3.8, 4) is 0 Å². The quantitative estimate of drug-likeness (QED) is 0.534. The molecule has 0 atom stereocenters. The van der Waals surface area contributed by atoms with Crippen LogP contribution in [0.4, 0.5) is 0 Å². The van der Waals surface area contributed by atoms with Crippen LogP contribution in [0.2, 0.25) is 0 Å². The van der Waals surface area contributed by atoms with Gasteiger partial charge in [-0.25, -0.2) is 0 Å².